The SMILES string of the molecule is C=CCOC(=O)[C@@]12CC3CCc4ccccc4[C@]3(O1)C(C(=O)OC)=C2C(=O)OC. The number of ether oxygens (including phenoxy) is 4. The average Bonchev–Trinajstić information content (AvgIpc) is 3.26. The van der Waals surface area contributed by atoms with E-state index in [0.717, 1.165) is 17.5 Å². The standard InChI is InChI=1S/C22H22O7/c1-4-11-28-20(25)21-12-14-10-9-13-7-5-6-8-15(13)22(14,29-21)17(19(24)27-3)16(21)18(23)26-2/h4-8,14H,1,9-12H2,2-3H3/t14?,21-,22-/m0/s1. The fourth-order valence-electron chi connectivity index (χ4n) is 5.03. The van der Waals surface area contributed by atoms with Crippen LogP contribution in [0.3, 0.4) is 0 Å². The van der Waals surface area contributed by atoms with Gasteiger partial charge >= 0.3 is 17.9 Å². The molecule has 1 aliphatic carbocycles. The Kier molecular flexibility index (Phi) is 4.58. The molecule has 1 aromatic carbocycles. The van der Waals surface area contributed by atoms with Gasteiger partial charge in [0.2, 0.25) is 0 Å². The van der Waals surface area contributed by atoms with Crippen molar-refractivity contribution in [3.8, 4) is 0 Å². The minimum absolute atomic E-state index is 0.0332. The number of hydrogen-bond donors (Lipinski definition) is 0. The van der Waals surface area contributed by atoms with Gasteiger partial charge in [0.15, 0.2) is 5.60 Å². The van der Waals surface area contributed by atoms with E-state index in [1.54, 1.807) is 0 Å². The molecule has 29 heavy (non-hydrogen) atoms. The van der Waals surface area contributed by atoms with Gasteiger partial charge in [-0.2, -0.15) is 0 Å². The fourth-order valence-corrected chi connectivity index (χ4v) is 5.03. The summed E-state index contributed by atoms with van der Waals surface area (Å²) in [4.78, 5) is 38.9. The average molecular weight is 398 g/mol. The summed E-state index contributed by atoms with van der Waals surface area (Å²) in [6, 6.07) is 7.59. The van der Waals surface area contributed by atoms with Crippen LogP contribution in [0.2, 0.25) is 0 Å². The lowest BCUT2D eigenvalue weighted by atomic mass is 9.62. The third kappa shape index (κ3) is 2.43. The molecule has 7 heteroatoms. The minimum atomic E-state index is -1.72. The lowest BCUT2D eigenvalue weighted by Gasteiger charge is -2.39. The first-order valence-corrected chi connectivity index (χ1v) is 9.44. The number of benzene rings is 1. The molecule has 0 N–H and O–H groups in total. The van der Waals surface area contributed by atoms with E-state index in [-0.39, 0.29) is 30.1 Å². The Morgan fingerprint density at radius 1 is 1.17 bits per heavy atom. The van der Waals surface area contributed by atoms with Crippen LogP contribution in [0.25, 0.3) is 0 Å². The molecule has 2 heterocycles. The normalized spacial score (nSPS) is 29.0. The third-order valence-electron chi connectivity index (χ3n) is 6.09. The monoisotopic (exact) mass is 398 g/mol. The summed E-state index contributed by atoms with van der Waals surface area (Å²) in [5, 5.41) is 0. The van der Waals surface area contributed by atoms with Gasteiger partial charge in [-0.1, -0.05) is 36.9 Å². The van der Waals surface area contributed by atoms with Crippen molar-refractivity contribution in [1.29, 1.82) is 0 Å². The molecule has 1 aromatic rings. The molecule has 2 aliphatic heterocycles. The van der Waals surface area contributed by atoms with Crippen LogP contribution >= 0.6 is 0 Å². The fraction of sp³-hybridized carbons (Fsp3) is 0.409. The second-order valence-corrected chi connectivity index (χ2v) is 7.38. The van der Waals surface area contributed by atoms with Gasteiger partial charge in [-0.05, 0) is 30.4 Å². The predicted octanol–water partition coefficient (Wildman–Crippen LogP) is 1.99. The van der Waals surface area contributed by atoms with Crippen molar-refractivity contribution in [2.75, 3.05) is 20.8 Å². The lowest BCUT2D eigenvalue weighted by Crippen LogP contribution is -2.45. The van der Waals surface area contributed by atoms with Crippen molar-refractivity contribution >= 4 is 17.9 Å². The van der Waals surface area contributed by atoms with E-state index in [0.29, 0.717) is 6.42 Å². The van der Waals surface area contributed by atoms with Crippen molar-refractivity contribution in [3.05, 3.63) is 59.2 Å². The molecule has 1 unspecified atom stereocenters. The molecule has 7 nitrogen and oxygen atoms in total. The Balaban J connectivity index is 2.01. The van der Waals surface area contributed by atoms with E-state index in [1.807, 2.05) is 24.3 Å². The number of rotatable bonds is 5. The number of aryl methyl sites for hydroxylation is 1. The van der Waals surface area contributed by atoms with Crippen LogP contribution in [-0.2, 0) is 45.4 Å². The van der Waals surface area contributed by atoms with Gasteiger partial charge in [0, 0.05) is 5.92 Å². The van der Waals surface area contributed by atoms with Crippen LogP contribution in [0.5, 0.6) is 0 Å². The Bertz CT molecular complexity index is 946. The molecule has 1 spiro atoms. The van der Waals surface area contributed by atoms with Crippen molar-refractivity contribution in [2.24, 2.45) is 5.92 Å². The molecule has 3 aliphatic rings. The quantitative estimate of drug-likeness (QED) is 0.426. The van der Waals surface area contributed by atoms with Crippen molar-refractivity contribution in [3.63, 3.8) is 0 Å². The first-order chi connectivity index (χ1) is 14.0. The summed E-state index contributed by atoms with van der Waals surface area (Å²) in [7, 11) is 2.43. The van der Waals surface area contributed by atoms with E-state index in [1.165, 1.54) is 20.3 Å². The van der Waals surface area contributed by atoms with Crippen LogP contribution < -0.4 is 0 Å². The van der Waals surface area contributed by atoms with Gasteiger partial charge in [-0.3, -0.25) is 0 Å². The van der Waals surface area contributed by atoms with Crippen molar-refractivity contribution < 1.29 is 33.3 Å². The summed E-state index contributed by atoms with van der Waals surface area (Å²) < 4.78 is 21.7. The molecule has 3 atom stereocenters. The Morgan fingerprint density at radius 2 is 1.86 bits per heavy atom. The van der Waals surface area contributed by atoms with Gasteiger partial charge in [-0.25, -0.2) is 14.4 Å². The highest BCUT2D eigenvalue weighted by Gasteiger charge is 2.74. The molecule has 0 amide bonds. The van der Waals surface area contributed by atoms with Gasteiger partial charge in [0.05, 0.1) is 25.4 Å². The Morgan fingerprint density at radius 3 is 2.55 bits per heavy atom. The zero-order chi connectivity index (χ0) is 20.8. The molecule has 1 saturated heterocycles. The van der Waals surface area contributed by atoms with Crippen LogP contribution in [0.1, 0.15) is 24.0 Å². The number of esters is 3. The number of carbonyl (C=O) groups is 3. The maximum atomic E-state index is 13.1. The van der Waals surface area contributed by atoms with Crippen LogP contribution in [0.15, 0.2) is 48.1 Å². The van der Waals surface area contributed by atoms with E-state index < -0.39 is 29.1 Å². The smallest absolute Gasteiger partial charge is 0.343 e. The maximum absolute atomic E-state index is 13.1. The highest BCUT2D eigenvalue weighted by atomic mass is 16.6. The molecule has 152 valence electrons. The summed E-state index contributed by atoms with van der Waals surface area (Å²) in [5.74, 6) is -2.44. The number of methoxy groups -OCH3 is 2. The molecular weight excluding hydrogens is 376 g/mol. The van der Waals surface area contributed by atoms with Crippen LogP contribution in [0, 0.1) is 5.92 Å². The van der Waals surface area contributed by atoms with Gasteiger partial charge < -0.3 is 18.9 Å². The second-order valence-electron chi connectivity index (χ2n) is 7.38. The number of carbonyl (C=O) groups excluding carboxylic acids is 3. The van der Waals surface area contributed by atoms with Crippen LogP contribution in [-0.4, -0.2) is 44.3 Å². The number of fused-ring (bicyclic) bond motifs is 2. The summed E-state index contributed by atoms with van der Waals surface area (Å²) in [6.45, 7) is 3.51. The lowest BCUT2D eigenvalue weighted by molar-refractivity contribution is -0.170. The largest absolute Gasteiger partial charge is 0.466 e. The highest BCUT2D eigenvalue weighted by Crippen LogP contribution is 2.65. The molecule has 0 aromatic heterocycles. The topological polar surface area (TPSA) is 88.1 Å². The van der Waals surface area contributed by atoms with Gasteiger partial charge in [0.25, 0.3) is 0 Å². The third-order valence-corrected chi connectivity index (χ3v) is 6.09. The van der Waals surface area contributed by atoms with E-state index in [9.17, 15) is 14.4 Å². The van der Waals surface area contributed by atoms with E-state index in [4.69, 9.17) is 18.9 Å². The highest BCUT2D eigenvalue weighted by molar-refractivity contribution is 6.10. The van der Waals surface area contributed by atoms with Crippen molar-refractivity contribution in [2.45, 2.75) is 30.5 Å². The second kappa shape index (κ2) is 6.84. The van der Waals surface area contributed by atoms with Crippen LogP contribution in [0.4, 0.5) is 0 Å². The van der Waals surface area contributed by atoms with E-state index in [2.05, 4.69) is 6.58 Å². The maximum Gasteiger partial charge on any atom is 0.343 e. The van der Waals surface area contributed by atoms with Gasteiger partial charge in [0.1, 0.15) is 12.2 Å². The minimum Gasteiger partial charge on any atom is -0.466 e. The summed E-state index contributed by atoms with van der Waals surface area (Å²) in [5.41, 5.74) is -1.29. The van der Waals surface area contributed by atoms with Crippen molar-refractivity contribution in [1.82, 2.24) is 0 Å². The number of hydrogen-bond acceptors (Lipinski definition) is 7. The molecule has 0 saturated carbocycles. The zero-order valence-corrected chi connectivity index (χ0v) is 16.4. The molecular formula is C22H22O7. The predicted molar refractivity (Wildman–Crippen MR) is 101 cm³/mol. The molecule has 2 bridgehead atoms. The first-order valence-electron chi connectivity index (χ1n) is 9.44. The molecule has 1 fully saturated rings. The summed E-state index contributed by atoms with van der Waals surface area (Å²) >= 11 is 0. The first kappa shape index (κ1) is 19.4. The molecule has 0 radical (unpaired) electrons. The Labute approximate surface area is 168 Å². The van der Waals surface area contributed by atoms with Gasteiger partial charge in [-0.15, -0.1) is 0 Å². The molecule has 4 rings (SSSR count). The van der Waals surface area contributed by atoms with E-state index >= 15 is 0 Å². The zero-order valence-electron chi connectivity index (χ0n) is 16.4. The summed E-state index contributed by atoms with van der Waals surface area (Å²) in [6.07, 6.45) is 3.13. The Hall–Kier alpha value is -2.93.